The van der Waals surface area contributed by atoms with Gasteiger partial charge in [-0.15, -0.1) is 0 Å². The average Bonchev–Trinajstić information content (AvgIpc) is 3.22. The second-order valence-electron chi connectivity index (χ2n) is 5.57. The van der Waals surface area contributed by atoms with Crippen molar-refractivity contribution in [3.05, 3.63) is 28.4 Å². The van der Waals surface area contributed by atoms with E-state index in [0.29, 0.717) is 31.8 Å². The van der Waals surface area contributed by atoms with Crippen LogP contribution in [-0.2, 0) is 16.1 Å². The van der Waals surface area contributed by atoms with Gasteiger partial charge in [-0.25, -0.2) is 4.98 Å². The number of nitrogens with one attached hydrogen (secondary N) is 2. The molecular weight excluding hydrogens is 272 g/mol. The summed E-state index contributed by atoms with van der Waals surface area (Å²) < 4.78 is 1.49. The van der Waals surface area contributed by atoms with Gasteiger partial charge in [-0.1, -0.05) is 0 Å². The highest BCUT2D eigenvalue weighted by Crippen LogP contribution is 2.38. The van der Waals surface area contributed by atoms with Gasteiger partial charge in [0.2, 0.25) is 11.8 Å². The Morgan fingerprint density at radius 2 is 2.19 bits per heavy atom. The molecule has 2 fully saturated rings. The van der Waals surface area contributed by atoms with Crippen LogP contribution in [0.1, 0.15) is 37.3 Å². The molecule has 1 saturated carbocycles. The molecule has 0 radical (unpaired) electrons. The van der Waals surface area contributed by atoms with Gasteiger partial charge in [-0.05, 0) is 19.3 Å². The molecule has 1 atom stereocenters. The Bertz CT molecular complexity index is 621. The maximum absolute atomic E-state index is 11.9. The molecule has 3 rings (SSSR count). The summed E-state index contributed by atoms with van der Waals surface area (Å²) >= 11 is 0. The van der Waals surface area contributed by atoms with Gasteiger partial charge in [0.25, 0.3) is 5.56 Å². The van der Waals surface area contributed by atoms with Gasteiger partial charge >= 0.3 is 0 Å². The summed E-state index contributed by atoms with van der Waals surface area (Å²) in [5, 5.41) is 5.34. The number of hydrogen-bond acceptors (Lipinski definition) is 4. The van der Waals surface area contributed by atoms with Gasteiger partial charge in [-0.3, -0.25) is 19.0 Å². The van der Waals surface area contributed by atoms with Crippen molar-refractivity contribution in [3.63, 3.8) is 0 Å². The van der Waals surface area contributed by atoms with E-state index in [0.717, 1.165) is 18.5 Å². The number of aromatic nitrogens is 2. The lowest BCUT2D eigenvalue weighted by atomic mass is 10.2. The van der Waals surface area contributed by atoms with Crippen LogP contribution in [0.4, 0.5) is 0 Å². The Balaban J connectivity index is 1.50. The molecule has 1 aliphatic heterocycles. The standard InChI is InChI=1S/C14H18N4O3/c19-12-4-3-10(17-12)14(21)15-5-6-18-8-16-11(7-13(18)20)9-1-2-9/h7-10H,1-6H2,(H,15,21)(H,17,19)/t10-/m0/s1. The molecule has 2 amide bonds. The zero-order chi connectivity index (χ0) is 14.8. The minimum atomic E-state index is -0.440. The first-order valence-corrected chi connectivity index (χ1v) is 7.27. The van der Waals surface area contributed by atoms with Gasteiger partial charge in [0.1, 0.15) is 6.04 Å². The summed E-state index contributed by atoms with van der Waals surface area (Å²) in [6.45, 7) is 0.721. The topological polar surface area (TPSA) is 93.1 Å². The van der Waals surface area contributed by atoms with Crippen molar-refractivity contribution in [1.82, 2.24) is 20.2 Å². The Morgan fingerprint density at radius 3 is 2.81 bits per heavy atom. The van der Waals surface area contributed by atoms with E-state index in [-0.39, 0.29) is 17.4 Å². The molecule has 7 heteroatoms. The highest BCUT2D eigenvalue weighted by molar-refractivity contribution is 5.90. The molecule has 112 valence electrons. The quantitative estimate of drug-likeness (QED) is 0.765. The minimum Gasteiger partial charge on any atom is -0.353 e. The molecule has 21 heavy (non-hydrogen) atoms. The molecule has 7 nitrogen and oxygen atoms in total. The van der Waals surface area contributed by atoms with Gasteiger partial charge in [0.15, 0.2) is 0 Å². The van der Waals surface area contributed by atoms with Crippen molar-refractivity contribution in [2.24, 2.45) is 0 Å². The van der Waals surface area contributed by atoms with Crippen LogP contribution in [0.15, 0.2) is 17.2 Å². The van der Waals surface area contributed by atoms with Crippen molar-refractivity contribution in [1.29, 1.82) is 0 Å². The Morgan fingerprint density at radius 1 is 1.38 bits per heavy atom. The predicted octanol–water partition coefficient (Wildman–Crippen LogP) is -0.484. The molecule has 0 bridgehead atoms. The minimum absolute atomic E-state index is 0.0877. The number of rotatable bonds is 5. The summed E-state index contributed by atoms with van der Waals surface area (Å²) in [6.07, 6.45) is 4.69. The third-order valence-electron chi connectivity index (χ3n) is 3.86. The highest BCUT2D eigenvalue weighted by atomic mass is 16.2. The second-order valence-corrected chi connectivity index (χ2v) is 5.57. The maximum Gasteiger partial charge on any atom is 0.253 e. The van der Waals surface area contributed by atoms with E-state index in [1.165, 1.54) is 4.57 Å². The Hall–Kier alpha value is -2.18. The summed E-state index contributed by atoms with van der Waals surface area (Å²) in [6, 6.07) is 1.14. The van der Waals surface area contributed by atoms with Crippen molar-refractivity contribution >= 4 is 11.8 Å². The smallest absolute Gasteiger partial charge is 0.253 e. The SMILES string of the molecule is O=C1CC[C@@H](C(=O)NCCn2cnc(C3CC3)cc2=O)N1. The first kappa shape index (κ1) is 13.8. The zero-order valence-electron chi connectivity index (χ0n) is 11.7. The Labute approximate surface area is 121 Å². The first-order chi connectivity index (χ1) is 10.1. The van der Waals surface area contributed by atoms with Crippen LogP contribution in [-0.4, -0.2) is 34.0 Å². The predicted molar refractivity (Wildman–Crippen MR) is 74.6 cm³/mol. The lowest BCUT2D eigenvalue weighted by molar-refractivity contribution is -0.125. The maximum atomic E-state index is 11.9. The van der Waals surface area contributed by atoms with Crippen LogP contribution in [0.5, 0.6) is 0 Å². The largest absolute Gasteiger partial charge is 0.353 e. The summed E-state index contributed by atoms with van der Waals surface area (Å²) in [5.74, 6) is 0.167. The van der Waals surface area contributed by atoms with Gasteiger partial charge in [0.05, 0.1) is 12.0 Å². The van der Waals surface area contributed by atoms with E-state index in [9.17, 15) is 14.4 Å². The second kappa shape index (κ2) is 5.67. The lowest BCUT2D eigenvalue weighted by Crippen LogP contribution is -2.43. The molecule has 0 spiro atoms. The normalized spacial score (nSPS) is 21.1. The van der Waals surface area contributed by atoms with E-state index in [1.807, 2.05) is 0 Å². The zero-order valence-corrected chi connectivity index (χ0v) is 11.7. The number of amides is 2. The van der Waals surface area contributed by atoms with E-state index >= 15 is 0 Å². The third-order valence-corrected chi connectivity index (χ3v) is 3.86. The van der Waals surface area contributed by atoms with Crippen LogP contribution in [0.3, 0.4) is 0 Å². The molecule has 1 saturated heterocycles. The number of carbonyl (C=O) groups excluding carboxylic acids is 2. The lowest BCUT2D eigenvalue weighted by Gasteiger charge is -2.11. The number of nitrogens with zero attached hydrogens (tertiary/aromatic N) is 2. The van der Waals surface area contributed by atoms with E-state index in [1.54, 1.807) is 12.4 Å². The summed E-state index contributed by atoms with van der Waals surface area (Å²) in [4.78, 5) is 39.0. The molecule has 0 unspecified atom stereocenters. The fourth-order valence-electron chi connectivity index (χ4n) is 2.44. The van der Waals surface area contributed by atoms with E-state index in [2.05, 4.69) is 15.6 Å². The molecule has 2 aliphatic rings. The Kier molecular flexibility index (Phi) is 3.72. The average molecular weight is 290 g/mol. The monoisotopic (exact) mass is 290 g/mol. The van der Waals surface area contributed by atoms with Crippen molar-refractivity contribution < 1.29 is 9.59 Å². The fourth-order valence-corrected chi connectivity index (χ4v) is 2.44. The summed E-state index contributed by atoms with van der Waals surface area (Å²) in [5.41, 5.74) is 0.782. The van der Waals surface area contributed by atoms with Gasteiger partial charge < -0.3 is 10.6 Å². The highest BCUT2D eigenvalue weighted by Gasteiger charge is 2.27. The van der Waals surface area contributed by atoms with E-state index < -0.39 is 6.04 Å². The third kappa shape index (κ3) is 3.29. The van der Waals surface area contributed by atoms with Crippen LogP contribution in [0.25, 0.3) is 0 Å². The van der Waals surface area contributed by atoms with Gasteiger partial charge in [0, 0.05) is 31.5 Å². The number of carbonyl (C=O) groups is 2. The van der Waals surface area contributed by atoms with Crippen molar-refractivity contribution in [2.75, 3.05) is 6.54 Å². The fraction of sp³-hybridized carbons (Fsp3) is 0.571. The molecule has 1 aromatic rings. The van der Waals surface area contributed by atoms with Crippen LogP contribution in [0.2, 0.25) is 0 Å². The van der Waals surface area contributed by atoms with Crippen molar-refractivity contribution in [3.8, 4) is 0 Å². The molecule has 0 aromatic carbocycles. The molecule has 2 N–H and O–H groups in total. The molecule has 1 aliphatic carbocycles. The molecule has 1 aromatic heterocycles. The molecular formula is C14H18N4O3. The summed E-state index contributed by atoms with van der Waals surface area (Å²) in [7, 11) is 0. The van der Waals surface area contributed by atoms with E-state index in [4.69, 9.17) is 0 Å². The van der Waals surface area contributed by atoms with Crippen LogP contribution >= 0.6 is 0 Å². The van der Waals surface area contributed by atoms with Crippen LogP contribution < -0.4 is 16.2 Å². The first-order valence-electron chi connectivity index (χ1n) is 7.27. The van der Waals surface area contributed by atoms with Crippen LogP contribution in [0, 0.1) is 0 Å². The van der Waals surface area contributed by atoms with Gasteiger partial charge in [-0.2, -0.15) is 0 Å². The number of hydrogen-bond donors (Lipinski definition) is 2. The van der Waals surface area contributed by atoms with Crippen molar-refractivity contribution in [2.45, 2.75) is 44.2 Å². The molecule has 2 heterocycles.